The standard InChI is InChI=1S/C10H10Br2N2O4/c1-17-7-3-6(11)8(12)5(9(7)15)4-13-14-10(16)18-2/h3-4,15H,1-2H3,(H,14,16)/b13-4+. The lowest BCUT2D eigenvalue weighted by atomic mass is 10.2. The molecule has 0 aliphatic carbocycles. The zero-order valence-corrected chi connectivity index (χ0v) is 12.7. The van der Waals surface area contributed by atoms with E-state index in [1.54, 1.807) is 6.07 Å². The fraction of sp³-hybridized carbons (Fsp3) is 0.200. The van der Waals surface area contributed by atoms with Gasteiger partial charge in [-0.2, -0.15) is 5.10 Å². The lowest BCUT2D eigenvalue weighted by Gasteiger charge is -2.09. The van der Waals surface area contributed by atoms with E-state index in [2.05, 4.69) is 47.1 Å². The van der Waals surface area contributed by atoms with Crippen LogP contribution < -0.4 is 10.2 Å². The van der Waals surface area contributed by atoms with Crippen LogP contribution in [0.4, 0.5) is 4.79 Å². The van der Waals surface area contributed by atoms with Gasteiger partial charge >= 0.3 is 6.09 Å². The molecule has 1 aromatic carbocycles. The minimum atomic E-state index is -0.705. The molecule has 98 valence electrons. The first kappa shape index (κ1) is 14.8. The Bertz CT molecular complexity index is 491. The molecule has 0 fully saturated rings. The van der Waals surface area contributed by atoms with Gasteiger partial charge in [-0.15, -0.1) is 0 Å². The number of amides is 1. The summed E-state index contributed by atoms with van der Waals surface area (Å²) >= 11 is 6.58. The molecule has 0 aromatic heterocycles. The van der Waals surface area contributed by atoms with E-state index in [1.807, 2.05) is 0 Å². The molecular weight excluding hydrogens is 372 g/mol. The number of aromatic hydroxyl groups is 1. The fourth-order valence-corrected chi connectivity index (χ4v) is 1.91. The summed E-state index contributed by atoms with van der Waals surface area (Å²) in [6, 6.07) is 1.60. The summed E-state index contributed by atoms with van der Waals surface area (Å²) in [5.74, 6) is 0.188. The van der Waals surface area contributed by atoms with Crippen molar-refractivity contribution in [3.8, 4) is 11.5 Å². The largest absolute Gasteiger partial charge is 0.504 e. The molecule has 0 atom stereocenters. The Hall–Kier alpha value is -1.28. The van der Waals surface area contributed by atoms with Crippen molar-refractivity contribution in [3.05, 3.63) is 20.6 Å². The van der Waals surface area contributed by atoms with Crippen LogP contribution in [0.15, 0.2) is 20.1 Å². The average Bonchev–Trinajstić information content (AvgIpc) is 2.37. The van der Waals surface area contributed by atoms with Crippen LogP contribution in [0.1, 0.15) is 5.56 Å². The average molecular weight is 382 g/mol. The van der Waals surface area contributed by atoms with Crippen LogP contribution in [0.5, 0.6) is 11.5 Å². The van der Waals surface area contributed by atoms with Gasteiger partial charge in [-0.3, -0.25) is 0 Å². The zero-order valence-electron chi connectivity index (χ0n) is 9.53. The summed E-state index contributed by atoms with van der Waals surface area (Å²) in [6.07, 6.45) is 0.563. The SMILES string of the molecule is COC(=O)N/N=C/c1c(O)c(OC)cc(Br)c1Br. The van der Waals surface area contributed by atoms with Crippen molar-refractivity contribution in [2.75, 3.05) is 14.2 Å². The number of hydrogen-bond donors (Lipinski definition) is 2. The van der Waals surface area contributed by atoms with Crippen LogP contribution >= 0.6 is 31.9 Å². The van der Waals surface area contributed by atoms with Crippen LogP contribution in [-0.2, 0) is 4.74 Å². The van der Waals surface area contributed by atoms with Crippen molar-refractivity contribution in [3.63, 3.8) is 0 Å². The van der Waals surface area contributed by atoms with Crippen LogP contribution in [-0.4, -0.2) is 31.6 Å². The van der Waals surface area contributed by atoms with Crippen molar-refractivity contribution in [1.29, 1.82) is 0 Å². The molecule has 2 N–H and O–H groups in total. The molecule has 0 spiro atoms. The van der Waals surface area contributed by atoms with E-state index in [1.165, 1.54) is 20.4 Å². The van der Waals surface area contributed by atoms with Gasteiger partial charge in [0, 0.05) is 8.95 Å². The highest BCUT2D eigenvalue weighted by Gasteiger charge is 2.14. The summed E-state index contributed by atoms with van der Waals surface area (Å²) < 4.78 is 10.6. The lowest BCUT2D eigenvalue weighted by molar-refractivity contribution is 0.171. The molecule has 18 heavy (non-hydrogen) atoms. The van der Waals surface area contributed by atoms with Crippen molar-refractivity contribution in [2.24, 2.45) is 5.10 Å². The quantitative estimate of drug-likeness (QED) is 0.623. The molecular formula is C10H10Br2N2O4. The van der Waals surface area contributed by atoms with Crippen molar-refractivity contribution in [2.45, 2.75) is 0 Å². The van der Waals surface area contributed by atoms with E-state index in [9.17, 15) is 9.90 Å². The van der Waals surface area contributed by atoms with Crippen LogP contribution in [0.3, 0.4) is 0 Å². The number of carbonyl (C=O) groups is 1. The zero-order chi connectivity index (χ0) is 13.7. The molecule has 0 saturated heterocycles. The number of ether oxygens (including phenoxy) is 2. The van der Waals surface area contributed by atoms with Gasteiger partial charge in [-0.25, -0.2) is 10.2 Å². The van der Waals surface area contributed by atoms with Gasteiger partial charge in [0.1, 0.15) is 0 Å². The Kier molecular flexibility index (Phi) is 5.42. The molecule has 8 heteroatoms. The summed E-state index contributed by atoms with van der Waals surface area (Å²) in [6.45, 7) is 0. The first-order chi connectivity index (χ1) is 8.51. The number of rotatable bonds is 3. The van der Waals surface area contributed by atoms with Crippen LogP contribution in [0.2, 0.25) is 0 Å². The predicted molar refractivity (Wildman–Crippen MR) is 73.2 cm³/mol. The molecule has 0 bridgehead atoms. The molecule has 0 aliphatic heterocycles. The van der Waals surface area contributed by atoms with Gasteiger partial charge < -0.3 is 14.6 Å². The number of methoxy groups -OCH3 is 2. The molecule has 1 amide bonds. The van der Waals surface area contributed by atoms with Gasteiger partial charge in [-0.05, 0) is 37.9 Å². The number of nitrogens with zero attached hydrogens (tertiary/aromatic N) is 1. The number of hydrogen-bond acceptors (Lipinski definition) is 5. The maximum Gasteiger partial charge on any atom is 0.427 e. The van der Waals surface area contributed by atoms with Gasteiger partial charge in [-0.1, -0.05) is 0 Å². The summed E-state index contributed by atoms with van der Waals surface area (Å²) in [5, 5.41) is 13.5. The third-order valence-corrected chi connectivity index (χ3v) is 3.96. The maximum atomic E-state index is 10.8. The lowest BCUT2D eigenvalue weighted by Crippen LogP contribution is -2.16. The smallest absolute Gasteiger partial charge is 0.427 e. The molecule has 0 saturated carbocycles. The highest BCUT2D eigenvalue weighted by atomic mass is 79.9. The number of halogens is 2. The van der Waals surface area contributed by atoms with Gasteiger partial charge in [0.25, 0.3) is 0 Å². The normalized spacial score (nSPS) is 10.4. The number of nitrogens with one attached hydrogen (secondary N) is 1. The third kappa shape index (κ3) is 3.36. The second-order valence-electron chi connectivity index (χ2n) is 3.00. The second kappa shape index (κ2) is 6.60. The van der Waals surface area contributed by atoms with E-state index < -0.39 is 6.09 Å². The first-order valence-electron chi connectivity index (χ1n) is 4.63. The fourth-order valence-electron chi connectivity index (χ4n) is 1.08. The predicted octanol–water partition coefficient (Wildman–Crippen LogP) is 2.62. The van der Waals surface area contributed by atoms with E-state index in [4.69, 9.17) is 4.74 Å². The first-order valence-corrected chi connectivity index (χ1v) is 6.21. The monoisotopic (exact) mass is 380 g/mol. The summed E-state index contributed by atoms with van der Waals surface area (Å²) in [4.78, 5) is 10.8. The molecule has 0 aliphatic rings. The Labute approximate surface area is 120 Å². The Morgan fingerprint density at radius 2 is 2.17 bits per heavy atom. The molecule has 6 nitrogen and oxygen atoms in total. The van der Waals surface area contributed by atoms with Crippen molar-refractivity contribution < 1.29 is 19.4 Å². The summed E-state index contributed by atoms with van der Waals surface area (Å²) in [5.41, 5.74) is 2.47. The molecule has 0 unspecified atom stereocenters. The van der Waals surface area contributed by atoms with E-state index in [0.29, 0.717) is 14.5 Å². The Morgan fingerprint density at radius 3 is 2.72 bits per heavy atom. The minimum absolute atomic E-state index is 0.0945. The molecule has 0 radical (unpaired) electrons. The Morgan fingerprint density at radius 1 is 1.50 bits per heavy atom. The van der Waals surface area contributed by atoms with Crippen LogP contribution in [0.25, 0.3) is 0 Å². The maximum absolute atomic E-state index is 10.8. The number of phenols is 1. The topological polar surface area (TPSA) is 80.2 Å². The van der Waals surface area contributed by atoms with Crippen molar-refractivity contribution in [1.82, 2.24) is 5.43 Å². The highest BCUT2D eigenvalue weighted by Crippen LogP contribution is 2.39. The number of hydrazone groups is 1. The van der Waals surface area contributed by atoms with Crippen LogP contribution in [0, 0.1) is 0 Å². The highest BCUT2D eigenvalue weighted by molar-refractivity contribution is 9.13. The van der Waals surface area contributed by atoms with Gasteiger partial charge in [0.15, 0.2) is 11.5 Å². The number of benzene rings is 1. The molecule has 1 rings (SSSR count). The van der Waals surface area contributed by atoms with Gasteiger partial charge in [0.05, 0.1) is 26.0 Å². The third-order valence-electron chi connectivity index (χ3n) is 1.95. The number of phenolic OH excluding ortho intramolecular Hbond substituents is 1. The number of carbonyl (C=O) groups excluding carboxylic acids is 1. The molecule has 1 aromatic rings. The van der Waals surface area contributed by atoms with E-state index in [-0.39, 0.29) is 11.5 Å². The summed E-state index contributed by atoms with van der Waals surface area (Å²) in [7, 11) is 2.66. The molecule has 0 heterocycles. The Balaban J connectivity index is 3.07. The van der Waals surface area contributed by atoms with E-state index >= 15 is 0 Å². The van der Waals surface area contributed by atoms with Crippen molar-refractivity contribution >= 4 is 44.2 Å². The van der Waals surface area contributed by atoms with Gasteiger partial charge in [0.2, 0.25) is 0 Å². The second-order valence-corrected chi connectivity index (χ2v) is 4.65. The van der Waals surface area contributed by atoms with E-state index in [0.717, 1.165) is 0 Å². The minimum Gasteiger partial charge on any atom is -0.504 e.